The van der Waals surface area contributed by atoms with Gasteiger partial charge in [-0.2, -0.15) is 4.80 Å². The number of hydrogen-bond acceptors (Lipinski definition) is 6. The second-order valence-electron chi connectivity index (χ2n) is 2.92. The minimum absolute atomic E-state index is 0.112. The highest BCUT2D eigenvalue weighted by molar-refractivity contribution is 5.96. The molecule has 7 nitrogen and oxygen atoms in total. The predicted molar refractivity (Wildman–Crippen MR) is 48.9 cm³/mol. The monoisotopic (exact) mass is 204 g/mol. The molecule has 2 aromatic rings. The molecule has 0 saturated carbocycles. The molecule has 2 rings (SSSR count). The fourth-order valence-corrected chi connectivity index (χ4v) is 1.08. The average Bonchev–Trinajstić information content (AvgIpc) is 2.65. The lowest BCUT2D eigenvalue weighted by molar-refractivity contribution is 0.0990. The largest absolute Gasteiger partial charge is 0.294 e. The highest BCUT2D eigenvalue weighted by Gasteiger charge is 2.10. The number of aryl methyl sites for hydroxylation is 1. The summed E-state index contributed by atoms with van der Waals surface area (Å²) >= 11 is 0. The summed E-state index contributed by atoms with van der Waals surface area (Å²) in [4.78, 5) is 20.5. The summed E-state index contributed by atoms with van der Waals surface area (Å²) in [5, 5.41) is 11.3. The second kappa shape index (κ2) is 3.91. The van der Waals surface area contributed by atoms with Crippen molar-refractivity contribution < 1.29 is 4.79 Å². The number of carbonyl (C=O) groups excluding carboxylic acids is 1. The average molecular weight is 204 g/mol. The lowest BCUT2D eigenvalue weighted by Crippen LogP contribution is -2.06. The van der Waals surface area contributed by atoms with Crippen molar-refractivity contribution in [1.82, 2.24) is 30.2 Å². The van der Waals surface area contributed by atoms with Crippen LogP contribution in [0.2, 0.25) is 0 Å². The first-order valence-electron chi connectivity index (χ1n) is 4.27. The van der Waals surface area contributed by atoms with Crippen LogP contribution in [0.3, 0.4) is 0 Å². The molecule has 0 bridgehead atoms. The molecule has 2 heterocycles. The number of tetrazole rings is 1. The van der Waals surface area contributed by atoms with Gasteiger partial charge in [0.15, 0.2) is 11.6 Å². The van der Waals surface area contributed by atoms with Gasteiger partial charge in [0.05, 0.1) is 19.0 Å². The van der Waals surface area contributed by atoms with E-state index in [1.807, 2.05) is 0 Å². The molecule has 2 aromatic heterocycles. The smallest absolute Gasteiger partial charge is 0.182 e. The van der Waals surface area contributed by atoms with Crippen molar-refractivity contribution >= 4 is 5.78 Å². The maximum Gasteiger partial charge on any atom is 0.182 e. The summed E-state index contributed by atoms with van der Waals surface area (Å²) in [6, 6.07) is 0. The van der Waals surface area contributed by atoms with Crippen LogP contribution in [-0.4, -0.2) is 36.0 Å². The zero-order valence-electron chi connectivity index (χ0n) is 8.03. The molecule has 0 fully saturated rings. The van der Waals surface area contributed by atoms with Crippen molar-refractivity contribution in [3.63, 3.8) is 0 Å². The Morgan fingerprint density at radius 1 is 1.40 bits per heavy atom. The van der Waals surface area contributed by atoms with E-state index in [0.717, 1.165) is 0 Å². The Kier molecular flexibility index (Phi) is 2.44. The van der Waals surface area contributed by atoms with Crippen molar-refractivity contribution in [1.29, 1.82) is 0 Å². The number of carbonyl (C=O) groups is 1. The Hall–Kier alpha value is -2.18. The molecular formula is C8H8N6O. The lowest BCUT2D eigenvalue weighted by Gasteiger charge is -1.94. The number of aromatic nitrogens is 6. The Bertz CT molecular complexity index is 465. The molecule has 0 amide bonds. The van der Waals surface area contributed by atoms with E-state index in [4.69, 9.17) is 0 Å². The maximum atomic E-state index is 11.6. The van der Waals surface area contributed by atoms with E-state index in [-0.39, 0.29) is 12.2 Å². The van der Waals surface area contributed by atoms with Crippen LogP contribution in [0, 0.1) is 0 Å². The van der Waals surface area contributed by atoms with Gasteiger partial charge in [-0.1, -0.05) is 0 Å². The SMILES string of the molecule is Cn1nnc(CC(=O)c2cncnc2)n1. The van der Waals surface area contributed by atoms with Gasteiger partial charge >= 0.3 is 0 Å². The van der Waals surface area contributed by atoms with Crippen LogP contribution in [0.1, 0.15) is 16.2 Å². The Labute approximate surface area is 85.2 Å². The predicted octanol–water partition coefficient (Wildman–Crippen LogP) is -0.575. The fourth-order valence-electron chi connectivity index (χ4n) is 1.08. The van der Waals surface area contributed by atoms with Crippen molar-refractivity contribution in [3.05, 3.63) is 30.1 Å². The fraction of sp³-hybridized carbons (Fsp3) is 0.250. The summed E-state index contributed by atoms with van der Waals surface area (Å²) in [5.41, 5.74) is 0.449. The first-order chi connectivity index (χ1) is 7.25. The molecule has 0 radical (unpaired) electrons. The second-order valence-corrected chi connectivity index (χ2v) is 2.92. The van der Waals surface area contributed by atoms with Gasteiger partial charge in [0, 0.05) is 12.4 Å². The maximum absolute atomic E-state index is 11.6. The molecule has 0 aliphatic heterocycles. The van der Waals surface area contributed by atoms with Gasteiger partial charge in [0.2, 0.25) is 0 Å². The summed E-state index contributed by atoms with van der Waals surface area (Å²) in [7, 11) is 1.65. The molecule has 0 atom stereocenters. The van der Waals surface area contributed by atoms with Gasteiger partial charge in [-0.05, 0) is 5.21 Å². The van der Waals surface area contributed by atoms with E-state index < -0.39 is 0 Å². The number of nitrogens with zero attached hydrogens (tertiary/aromatic N) is 6. The summed E-state index contributed by atoms with van der Waals surface area (Å²) in [5.74, 6) is 0.273. The van der Waals surface area contributed by atoms with Crippen LogP contribution in [0.15, 0.2) is 18.7 Å². The third-order valence-electron chi connectivity index (χ3n) is 1.75. The van der Waals surface area contributed by atoms with Gasteiger partial charge in [-0.3, -0.25) is 4.79 Å². The van der Waals surface area contributed by atoms with Crippen LogP contribution in [0.5, 0.6) is 0 Å². The summed E-state index contributed by atoms with van der Waals surface area (Å²) < 4.78 is 0. The van der Waals surface area contributed by atoms with Crippen LogP contribution in [-0.2, 0) is 13.5 Å². The number of hydrogen-bond donors (Lipinski definition) is 0. The molecule has 0 N–H and O–H groups in total. The first kappa shape index (κ1) is 9.38. The van der Waals surface area contributed by atoms with Crippen LogP contribution >= 0.6 is 0 Å². The van der Waals surface area contributed by atoms with Crippen LogP contribution in [0.4, 0.5) is 0 Å². The Morgan fingerprint density at radius 2 is 2.13 bits per heavy atom. The van der Waals surface area contributed by atoms with Gasteiger partial charge in [0.25, 0.3) is 0 Å². The molecule has 0 aliphatic carbocycles. The molecule has 0 aromatic carbocycles. The highest BCUT2D eigenvalue weighted by atomic mass is 16.1. The lowest BCUT2D eigenvalue weighted by atomic mass is 10.1. The van der Waals surface area contributed by atoms with E-state index in [2.05, 4.69) is 25.4 Å². The van der Waals surface area contributed by atoms with E-state index in [9.17, 15) is 4.79 Å². The van der Waals surface area contributed by atoms with Crippen LogP contribution < -0.4 is 0 Å². The first-order valence-corrected chi connectivity index (χ1v) is 4.27. The van der Waals surface area contributed by atoms with Crippen LogP contribution in [0.25, 0.3) is 0 Å². The number of rotatable bonds is 3. The zero-order chi connectivity index (χ0) is 10.7. The summed E-state index contributed by atoms with van der Waals surface area (Å²) in [6.07, 6.45) is 4.41. The normalized spacial score (nSPS) is 10.2. The third kappa shape index (κ3) is 2.19. The van der Waals surface area contributed by atoms with Gasteiger partial charge in [-0.25, -0.2) is 9.97 Å². The topological polar surface area (TPSA) is 86.5 Å². The highest BCUT2D eigenvalue weighted by Crippen LogP contribution is 1.99. The molecule has 0 aliphatic rings. The van der Waals surface area contributed by atoms with Crippen molar-refractivity contribution in [2.24, 2.45) is 7.05 Å². The van der Waals surface area contributed by atoms with E-state index in [1.165, 1.54) is 23.5 Å². The molecule has 0 spiro atoms. The molecule has 0 saturated heterocycles. The standard InChI is InChI=1S/C8H8N6O/c1-14-12-8(11-13-14)2-7(15)6-3-9-5-10-4-6/h3-5H,2H2,1H3. The minimum Gasteiger partial charge on any atom is -0.294 e. The molecule has 0 unspecified atom stereocenters. The zero-order valence-corrected chi connectivity index (χ0v) is 8.03. The molecular weight excluding hydrogens is 196 g/mol. The quantitative estimate of drug-likeness (QED) is 0.622. The number of ketones is 1. The Balaban J connectivity index is 2.11. The third-order valence-corrected chi connectivity index (χ3v) is 1.75. The Morgan fingerprint density at radius 3 is 2.73 bits per heavy atom. The molecule has 76 valence electrons. The minimum atomic E-state index is -0.122. The van der Waals surface area contributed by atoms with E-state index in [1.54, 1.807) is 7.05 Å². The van der Waals surface area contributed by atoms with E-state index in [0.29, 0.717) is 11.4 Å². The molecule has 7 heteroatoms. The summed E-state index contributed by atoms with van der Waals surface area (Å²) in [6.45, 7) is 0. The van der Waals surface area contributed by atoms with Gasteiger partial charge in [-0.15, -0.1) is 10.2 Å². The van der Waals surface area contributed by atoms with Crippen molar-refractivity contribution in [2.75, 3.05) is 0 Å². The van der Waals surface area contributed by atoms with Gasteiger partial charge in [0.1, 0.15) is 6.33 Å². The molecule has 15 heavy (non-hydrogen) atoms. The van der Waals surface area contributed by atoms with Crippen molar-refractivity contribution in [2.45, 2.75) is 6.42 Å². The number of Topliss-reactive ketones (excluding diaryl/α,β-unsaturated/α-hetero) is 1. The van der Waals surface area contributed by atoms with Gasteiger partial charge < -0.3 is 0 Å². The van der Waals surface area contributed by atoms with E-state index >= 15 is 0 Å². The van der Waals surface area contributed by atoms with Crippen molar-refractivity contribution in [3.8, 4) is 0 Å².